The van der Waals surface area contributed by atoms with Gasteiger partial charge in [-0.25, -0.2) is 4.39 Å². The van der Waals surface area contributed by atoms with Crippen molar-refractivity contribution in [1.82, 2.24) is 5.32 Å². The van der Waals surface area contributed by atoms with Crippen LogP contribution in [0.2, 0.25) is 0 Å². The monoisotopic (exact) mass is 377 g/mol. The van der Waals surface area contributed by atoms with Crippen LogP contribution in [0.5, 0.6) is 0 Å². The summed E-state index contributed by atoms with van der Waals surface area (Å²) in [6, 6.07) is 6.96. The van der Waals surface area contributed by atoms with Gasteiger partial charge in [0.2, 0.25) is 0 Å². The van der Waals surface area contributed by atoms with Gasteiger partial charge in [-0.15, -0.1) is 24.0 Å². The molecule has 3 nitrogen and oxygen atoms in total. The molecule has 1 fully saturated rings. The van der Waals surface area contributed by atoms with Gasteiger partial charge in [0.25, 0.3) is 0 Å². The smallest absolute Gasteiger partial charge is 0.188 e. The van der Waals surface area contributed by atoms with E-state index in [-0.39, 0.29) is 35.2 Å². The Morgan fingerprint density at radius 3 is 2.68 bits per heavy atom. The van der Waals surface area contributed by atoms with E-state index in [0.717, 1.165) is 31.4 Å². The molecular formula is C14H21FIN3. The average molecular weight is 377 g/mol. The molecule has 1 aliphatic carbocycles. The van der Waals surface area contributed by atoms with Crippen molar-refractivity contribution in [1.29, 1.82) is 0 Å². The highest BCUT2D eigenvalue weighted by Gasteiger charge is 2.45. The minimum Gasteiger partial charge on any atom is -0.370 e. The second-order valence-corrected chi connectivity index (χ2v) is 4.89. The number of nitrogens with one attached hydrogen (secondary N) is 1. The number of nitrogens with two attached hydrogens (primary N) is 1. The second-order valence-electron chi connectivity index (χ2n) is 4.89. The van der Waals surface area contributed by atoms with Crippen molar-refractivity contribution in [2.75, 3.05) is 13.1 Å². The molecule has 0 bridgehead atoms. The first-order valence-corrected chi connectivity index (χ1v) is 6.47. The van der Waals surface area contributed by atoms with Gasteiger partial charge in [0, 0.05) is 12.0 Å². The summed E-state index contributed by atoms with van der Waals surface area (Å²) in [4.78, 5) is 4.33. The fourth-order valence-electron chi connectivity index (χ4n) is 2.10. The van der Waals surface area contributed by atoms with Gasteiger partial charge in [-0.05, 0) is 30.9 Å². The van der Waals surface area contributed by atoms with E-state index in [2.05, 4.69) is 17.2 Å². The van der Waals surface area contributed by atoms with E-state index in [1.54, 1.807) is 6.07 Å². The maximum absolute atomic E-state index is 13.8. The van der Waals surface area contributed by atoms with Gasteiger partial charge in [-0.1, -0.05) is 25.1 Å². The first kappa shape index (κ1) is 16.2. The Morgan fingerprint density at radius 1 is 1.42 bits per heavy atom. The summed E-state index contributed by atoms with van der Waals surface area (Å²) < 4.78 is 13.8. The molecule has 0 aromatic heterocycles. The maximum Gasteiger partial charge on any atom is 0.188 e. The molecule has 1 aromatic carbocycles. The summed E-state index contributed by atoms with van der Waals surface area (Å²) in [5, 5.41) is 3.03. The Hall–Kier alpha value is -0.850. The van der Waals surface area contributed by atoms with Crippen LogP contribution < -0.4 is 11.1 Å². The van der Waals surface area contributed by atoms with E-state index in [1.165, 1.54) is 6.07 Å². The molecular weight excluding hydrogens is 356 g/mol. The summed E-state index contributed by atoms with van der Waals surface area (Å²) >= 11 is 0. The van der Waals surface area contributed by atoms with E-state index in [9.17, 15) is 4.39 Å². The van der Waals surface area contributed by atoms with Gasteiger partial charge in [0.15, 0.2) is 5.96 Å². The predicted octanol–water partition coefficient (Wildman–Crippen LogP) is 2.79. The Bertz CT molecular complexity index is 444. The largest absolute Gasteiger partial charge is 0.370 e. The lowest BCUT2D eigenvalue weighted by Gasteiger charge is -2.14. The molecule has 0 unspecified atom stereocenters. The normalized spacial score (nSPS) is 16.6. The molecule has 106 valence electrons. The molecule has 0 radical (unpaired) electrons. The topological polar surface area (TPSA) is 50.4 Å². The van der Waals surface area contributed by atoms with Crippen molar-refractivity contribution in [2.24, 2.45) is 10.7 Å². The number of halogens is 2. The van der Waals surface area contributed by atoms with Crippen LogP contribution in [0.1, 0.15) is 31.7 Å². The van der Waals surface area contributed by atoms with Gasteiger partial charge >= 0.3 is 0 Å². The lowest BCUT2D eigenvalue weighted by molar-refractivity contribution is 0.573. The van der Waals surface area contributed by atoms with Gasteiger partial charge in [-0.2, -0.15) is 0 Å². The quantitative estimate of drug-likeness (QED) is 0.471. The van der Waals surface area contributed by atoms with Crippen molar-refractivity contribution < 1.29 is 4.39 Å². The van der Waals surface area contributed by atoms with Gasteiger partial charge in [-0.3, -0.25) is 4.99 Å². The summed E-state index contributed by atoms with van der Waals surface area (Å²) in [6.07, 6.45) is 2.98. The number of hydrogen-bond acceptors (Lipinski definition) is 1. The molecule has 2 rings (SSSR count). The Kier molecular flexibility index (Phi) is 6.03. The SMILES string of the molecule is CCCNC(N)=NCC1(c2ccccc2F)CC1.I. The number of rotatable bonds is 5. The van der Waals surface area contributed by atoms with E-state index >= 15 is 0 Å². The highest BCUT2D eigenvalue weighted by Crippen LogP contribution is 2.49. The van der Waals surface area contributed by atoms with Crippen LogP contribution in [0.25, 0.3) is 0 Å². The predicted molar refractivity (Wildman–Crippen MR) is 87.5 cm³/mol. The minimum atomic E-state index is -0.134. The second kappa shape index (κ2) is 7.07. The highest BCUT2D eigenvalue weighted by atomic mass is 127. The van der Waals surface area contributed by atoms with Gasteiger partial charge in [0.1, 0.15) is 5.82 Å². The van der Waals surface area contributed by atoms with Crippen LogP contribution in [-0.4, -0.2) is 19.0 Å². The highest BCUT2D eigenvalue weighted by molar-refractivity contribution is 14.0. The third-order valence-electron chi connectivity index (χ3n) is 3.41. The molecule has 3 N–H and O–H groups in total. The Labute approximate surface area is 130 Å². The first-order valence-electron chi connectivity index (χ1n) is 6.47. The van der Waals surface area contributed by atoms with E-state index in [0.29, 0.717) is 12.5 Å². The van der Waals surface area contributed by atoms with E-state index in [1.807, 2.05) is 12.1 Å². The number of guanidine groups is 1. The zero-order valence-corrected chi connectivity index (χ0v) is 13.5. The standard InChI is InChI=1S/C14H20FN3.HI/c1-2-9-17-13(16)18-10-14(7-8-14)11-5-3-4-6-12(11)15;/h3-6H,2,7-10H2,1H3,(H3,16,17,18);1H. The molecule has 1 saturated carbocycles. The van der Waals surface area contributed by atoms with Crippen molar-refractivity contribution >= 4 is 29.9 Å². The molecule has 0 amide bonds. The van der Waals surface area contributed by atoms with Crippen LogP contribution in [0.3, 0.4) is 0 Å². The van der Waals surface area contributed by atoms with Crippen LogP contribution in [0.4, 0.5) is 4.39 Å². The van der Waals surface area contributed by atoms with Gasteiger partial charge in [0.05, 0.1) is 6.54 Å². The Morgan fingerprint density at radius 2 is 2.11 bits per heavy atom. The molecule has 0 atom stereocenters. The summed E-state index contributed by atoms with van der Waals surface area (Å²) in [7, 11) is 0. The lowest BCUT2D eigenvalue weighted by Crippen LogP contribution is -2.33. The van der Waals surface area contributed by atoms with Crippen LogP contribution in [0.15, 0.2) is 29.3 Å². The first-order chi connectivity index (χ1) is 8.68. The number of hydrogen-bond donors (Lipinski definition) is 2. The fourth-order valence-corrected chi connectivity index (χ4v) is 2.10. The summed E-state index contributed by atoms with van der Waals surface area (Å²) in [6.45, 7) is 3.46. The van der Waals surface area contributed by atoms with E-state index in [4.69, 9.17) is 5.73 Å². The maximum atomic E-state index is 13.8. The fraction of sp³-hybridized carbons (Fsp3) is 0.500. The molecule has 0 saturated heterocycles. The molecule has 1 aromatic rings. The molecule has 0 spiro atoms. The Balaban J connectivity index is 0.00000180. The van der Waals surface area contributed by atoms with E-state index < -0.39 is 0 Å². The number of nitrogens with zero attached hydrogens (tertiary/aromatic N) is 1. The van der Waals surface area contributed by atoms with Crippen LogP contribution in [-0.2, 0) is 5.41 Å². The minimum absolute atomic E-state index is 0. The van der Waals surface area contributed by atoms with Crippen molar-refractivity contribution in [3.8, 4) is 0 Å². The molecule has 0 heterocycles. The van der Waals surface area contributed by atoms with Crippen LogP contribution in [0, 0.1) is 5.82 Å². The third-order valence-corrected chi connectivity index (χ3v) is 3.41. The molecule has 19 heavy (non-hydrogen) atoms. The van der Waals surface area contributed by atoms with Crippen LogP contribution >= 0.6 is 24.0 Å². The van der Waals surface area contributed by atoms with Crippen molar-refractivity contribution in [2.45, 2.75) is 31.6 Å². The number of benzene rings is 1. The lowest BCUT2D eigenvalue weighted by atomic mass is 9.95. The molecule has 5 heteroatoms. The summed E-state index contributed by atoms with van der Waals surface area (Å²) in [5.74, 6) is 0.324. The molecule has 0 aliphatic heterocycles. The van der Waals surface area contributed by atoms with Gasteiger partial charge < -0.3 is 11.1 Å². The zero-order valence-electron chi connectivity index (χ0n) is 11.2. The summed E-state index contributed by atoms with van der Waals surface area (Å²) in [5.41, 5.74) is 6.41. The third kappa shape index (κ3) is 4.06. The van der Waals surface area contributed by atoms with Crippen molar-refractivity contribution in [3.05, 3.63) is 35.6 Å². The zero-order chi connectivity index (χ0) is 13.0. The number of aliphatic imine (C=N–C) groups is 1. The molecule has 1 aliphatic rings. The average Bonchev–Trinajstić information content (AvgIpc) is 3.15. The van der Waals surface area contributed by atoms with Crippen molar-refractivity contribution in [3.63, 3.8) is 0 Å².